The summed E-state index contributed by atoms with van der Waals surface area (Å²) in [5, 5.41) is 10.3. The van der Waals surface area contributed by atoms with Crippen LogP contribution in [0.15, 0.2) is 6.20 Å². The Morgan fingerprint density at radius 1 is 1.67 bits per heavy atom. The van der Waals surface area contributed by atoms with Crippen molar-refractivity contribution < 1.29 is 28.8 Å². The number of carboxylic acids is 1. The van der Waals surface area contributed by atoms with E-state index in [2.05, 4.69) is 9.97 Å². The third-order valence-electron chi connectivity index (χ3n) is 0.965. The summed E-state index contributed by atoms with van der Waals surface area (Å²) in [6.07, 6.45) is 1.38. The van der Waals surface area contributed by atoms with Gasteiger partial charge in [-0.15, -0.1) is 0 Å². The maximum absolute atomic E-state index is 10.3. The van der Waals surface area contributed by atoms with Gasteiger partial charge in [-0.3, -0.25) is 0 Å². The molecule has 1 heterocycles. The van der Waals surface area contributed by atoms with Crippen LogP contribution in [-0.4, -0.2) is 15.9 Å². The summed E-state index contributed by atoms with van der Waals surface area (Å²) in [7, 11) is 0. The number of carboxylic acid groups (broad SMARTS) is 1. The Kier molecular flexibility index (Phi) is 4.52. The molecule has 5 nitrogen and oxygen atoms in total. The van der Waals surface area contributed by atoms with Crippen LogP contribution in [0.5, 0.6) is 0 Å². The Morgan fingerprint density at radius 2 is 2.25 bits per heavy atom. The molecule has 0 saturated heterocycles. The van der Waals surface area contributed by atoms with Gasteiger partial charge < -0.3 is 15.6 Å². The second-order valence-electron chi connectivity index (χ2n) is 1.71. The van der Waals surface area contributed by atoms with Gasteiger partial charge in [0.05, 0.1) is 12.2 Å². The number of carbonyl (C=O) groups excluding carboxylic acids is 1. The monoisotopic (exact) mass is 271 g/mol. The van der Waals surface area contributed by atoms with Crippen molar-refractivity contribution >= 4 is 34.4 Å². The van der Waals surface area contributed by atoms with Crippen molar-refractivity contribution in [3.8, 4) is 0 Å². The van der Waals surface area contributed by atoms with Crippen molar-refractivity contribution in [1.29, 1.82) is 0 Å². The van der Waals surface area contributed by atoms with E-state index in [9.17, 15) is 9.90 Å². The number of aromatic carboxylic acids is 1. The molecule has 0 fully saturated rings. The van der Waals surface area contributed by atoms with E-state index in [0.29, 0.717) is 3.70 Å². The minimum Gasteiger partial charge on any atom is -0.543 e. The van der Waals surface area contributed by atoms with Crippen LogP contribution in [-0.2, 0) is 0 Å². The molecule has 12 heavy (non-hydrogen) atoms. The largest absolute Gasteiger partial charge is 1.00 e. The summed E-state index contributed by atoms with van der Waals surface area (Å²) in [5.74, 6) is -1.53. The molecule has 1 aromatic rings. The van der Waals surface area contributed by atoms with Gasteiger partial charge in [0.2, 0.25) is 0 Å². The van der Waals surface area contributed by atoms with Crippen LogP contribution in [0.1, 0.15) is 10.5 Å². The van der Waals surface area contributed by atoms with Crippen LogP contribution in [0, 0.1) is 3.70 Å². The van der Waals surface area contributed by atoms with Crippen molar-refractivity contribution in [2.24, 2.45) is 0 Å². The van der Waals surface area contributed by atoms with Gasteiger partial charge in [0.15, 0.2) is 5.82 Å². The molecule has 0 bridgehead atoms. The average Bonchev–Trinajstić information content (AvgIpc) is 1.94. The minimum atomic E-state index is -1.41. The number of aromatic nitrogens is 2. The molecule has 0 radical (unpaired) electrons. The Balaban J connectivity index is 0.00000121. The average molecular weight is 271 g/mol. The van der Waals surface area contributed by atoms with Crippen molar-refractivity contribution in [3.63, 3.8) is 0 Å². The fraction of sp³-hybridized carbons (Fsp3) is 0. The number of nitrogens with zero attached hydrogens (tertiary/aromatic N) is 2. The zero-order valence-corrected chi connectivity index (χ0v) is 8.40. The number of hydrogen-bond donors (Lipinski definition) is 1. The zero-order valence-electron chi connectivity index (χ0n) is 6.24. The molecule has 7 heteroatoms. The van der Waals surface area contributed by atoms with E-state index in [1.165, 1.54) is 6.20 Å². The SMILES string of the molecule is Nc1ncc(I)nc1C(=O)[O-].[Li+]. The summed E-state index contributed by atoms with van der Waals surface area (Å²) in [5.41, 5.74) is 4.88. The number of anilines is 1. The topological polar surface area (TPSA) is 91.9 Å². The van der Waals surface area contributed by atoms with E-state index in [0.717, 1.165) is 0 Å². The predicted octanol–water partition coefficient (Wildman–Crippen LogP) is -3.97. The first-order valence-corrected chi connectivity index (χ1v) is 3.68. The van der Waals surface area contributed by atoms with Gasteiger partial charge in [-0.1, -0.05) is 0 Å². The zero-order chi connectivity index (χ0) is 8.43. The maximum atomic E-state index is 10.3. The van der Waals surface area contributed by atoms with Gasteiger partial charge in [0.25, 0.3) is 0 Å². The van der Waals surface area contributed by atoms with Crippen LogP contribution in [0.2, 0.25) is 0 Å². The molecular formula is C5H3ILiN3O2. The summed E-state index contributed by atoms with van der Waals surface area (Å²) >= 11 is 1.84. The number of nitrogen functional groups attached to an aromatic ring is 1. The Bertz CT molecular complexity index is 307. The van der Waals surface area contributed by atoms with Crippen LogP contribution in [0.3, 0.4) is 0 Å². The quantitative estimate of drug-likeness (QED) is 0.415. The van der Waals surface area contributed by atoms with Gasteiger partial charge in [-0.25, -0.2) is 9.97 Å². The molecule has 0 saturated carbocycles. The first kappa shape index (κ1) is 11.7. The van der Waals surface area contributed by atoms with E-state index in [4.69, 9.17) is 5.73 Å². The molecular weight excluding hydrogens is 268 g/mol. The first-order chi connectivity index (χ1) is 5.11. The normalized spacial score (nSPS) is 8.75. The van der Waals surface area contributed by atoms with Gasteiger partial charge in [-0.2, -0.15) is 0 Å². The summed E-state index contributed by atoms with van der Waals surface area (Å²) in [6.45, 7) is 0. The molecule has 0 spiro atoms. The molecule has 0 unspecified atom stereocenters. The van der Waals surface area contributed by atoms with Crippen LogP contribution in [0.25, 0.3) is 0 Å². The summed E-state index contributed by atoms with van der Waals surface area (Å²) < 4.78 is 0.469. The molecule has 2 N–H and O–H groups in total. The standard InChI is InChI=1S/C5H4IN3O2.Li/c6-2-1-8-4(7)3(9-2)5(10)11;/h1H,(H2,7,8)(H,10,11);/q;+1/p-1. The van der Waals surface area contributed by atoms with Gasteiger partial charge in [0.1, 0.15) is 9.39 Å². The van der Waals surface area contributed by atoms with E-state index in [1.807, 2.05) is 22.6 Å². The molecule has 58 valence electrons. The fourth-order valence-electron chi connectivity index (χ4n) is 0.527. The first-order valence-electron chi connectivity index (χ1n) is 2.60. The molecule has 1 aromatic heterocycles. The molecule has 0 aromatic carbocycles. The molecule has 1 rings (SSSR count). The van der Waals surface area contributed by atoms with Gasteiger partial charge in [-0.05, 0) is 22.6 Å². The third-order valence-corrected chi connectivity index (χ3v) is 1.48. The summed E-state index contributed by atoms with van der Waals surface area (Å²) in [4.78, 5) is 17.5. The summed E-state index contributed by atoms with van der Waals surface area (Å²) in [6, 6.07) is 0. The maximum Gasteiger partial charge on any atom is 1.00 e. The number of halogens is 1. The third kappa shape index (κ3) is 2.62. The van der Waals surface area contributed by atoms with E-state index >= 15 is 0 Å². The smallest absolute Gasteiger partial charge is 0.543 e. The number of carbonyl (C=O) groups is 1. The molecule has 0 aliphatic heterocycles. The number of hydrogen-bond acceptors (Lipinski definition) is 5. The van der Waals surface area contributed by atoms with Crippen molar-refractivity contribution in [1.82, 2.24) is 9.97 Å². The second kappa shape index (κ2) is 4.64. The molecule has 0 aliphatic carbocycles. The van der Waals surface area contributed by atoms with Crippen molar-refractivity contribution in [2.75, 3.05) is 5.73 Å². The Morgan fingerprint density at radius 3 is 2.67 bits per heavy atom. The number of nitrogens with two attached hydrogens (primary N) is 1. The molecule has 0 aliphatic rings. The number of rotatable bonds is 1. The van der Waals surface area contributed by atoms with Gasteiger partial charge >= 0.3 is 18.9 Å². The van der Waals surface area contributed by atoms with E-state index in [-0.39, 0.29) is 30.4 Å². The predicted molar refractivity (Wildman–Crippen MR) is 43.5 cm³/mol. The van der Waals surface area contributed by atoms with E-state index in [1.54, 1.807) is 0 Å². The second-order valence-corrected chi connectivity index (χ2v) is 2.82. The van der Waals surface area contributed by atoms with Gasteiger partial charge in [0, 0.05) is 0 Å². The van der Waals surface area contributed by atoms with Crippen molar-refractivity contribution in [2.45, 2.75) is 0 Å². The fourth-order valence-corrected chi connectivity index (χ4v) is 0.908. The van der Waals surface area contributed by atoms with Crippen LogP contribution < -0.4 is 29.7 Å². The van der Waals surface area contributed by atoms with Crippen LogP contribution >= 0.6 is 22.6 Å². The Labute approximate surface area is 94.1 Å². The molecule has 0 atom stereocenters. The Hall–Kier alpha value is -0.323. The minimum absolute atomic E-state index is 0. The van der Waals surface area contributed by atoms with Crippen molar-refractivity contribution in [3.05, 3.63) is 15.6 Å². The van der Waals surface area contributed by atoms with E-state index < -0.39 is 5.97 Å². The molecule has 0 amide bonds. The van der Waals surface area contributed by atoms with Crippen LogP contribution in [0.4, 0.5) is 5.82 Å².